The largest absolute Gasteiger partial charge is 0.256 e. The predicted octanol–water partition coefficient (Wildman–Crippen LogP) is 1.85. The lowest BCUT2D eigenvalue weighted by molar-refractivity contribution is 1.05. The molecule has 2 aromatic rings. The molecule has 3 heteroatoms. The fourth-order valence-corrected chi connectivity index (χ4v) is 1.06. The van der Waals surface area contributed by atoms with Crippen molar-refractivity contribution < 1.29 is 0 Å². The first-order valence-electron chi connectivity index (χ1n) is 4.06. The Hall–Kier alpha value is -1.77. The quantitative estimate of drug-likeness (QED) is 0.657. The molecule has 0 aliphatic rings. The van der Waals surface area contributed by atoms with Gasteiger partial charge in [0.2, 0.25) is 0 Å². The van der Waals surface area contributed by atoms with Gasteiger partial charge in [-0.2, -0.15) is 0 Å². The van der Waals surface area contributed by atoms with Gasteiger partial charge in [-0.25, -0.2) is 9.97 Å². The van der Waals surface area contributed by atoms with Crippen LogP contribution in [0.2, 0.25) is 0 Å². The Morgan fingerprint density at radius 1 is 1.00 bits per heavy atom. The number of hydrogen-bond acceptors (Lipinski definition) is 3. The van der Waals surface area contributed by atoms with E-state index in [1.165, 1.54) is 0 Å². The fourth-order valence-electron chi connectivity index (χ4n) is 1.06. The van der Waals surface area contributed by atoms with Gasteiger partial charge in [0.15, 0.2) is 0 Å². The summed E-state index contributed by atoms with van der Waals surface area (Å²) in [7, 11) is 0. The van der Waals surface area contributed by atoms with E-state index in [2.05, 4.69) is 15.0 Å². The summed E-state index contributed by atoms with van der Waals surface area (Å²) in [6.07, 6.45) is 5.32. The first-order valence-corrected chi connectivity index (χ1v) is 4.06. The Morgan fingerprint density at radius 3 is 2.38 bits per heavy atom. The third-order valence-corrected chi connectivity index (χ3v) is 1.74. The SMILES string of the molecule is Cc1ncc(-c2ccccn2)cn1. The third kappa shape index (κ3) is 1.69. The molecule has 2 heterocycles. The molecular formula is C10H9N3. The van der Waals surface area contributed by atoms with Crippen molar-refractivity contribution in [2.75, 3.05) is 0 Å². The van der Waals surface area contributed by atoms with Crippen LogP contribution in [0.1, 0.15) is 5.82 Å². The molecule has 64 valence electrons. The minimum Gasteiger partial charge on any atom is -0.256 e. The lowest BCUT2D eigenvalue weighted by Crippen LogP contribution is -1.88. The summed E-state index contributed by atoms with van der Waals surface area (Å²) in [4.78, 5) is 12.4. The predicted molar refractivity (Wildman–Crippen MR) is 50.0 cm³/mol. The van der Waals surface area contributed by atoms with Gasteiger partial charge in [-0.15, -0.1) is 0 Å². The van der Waals surface area contributed by atoms with Crippen molar-refractivity contribution in [2.45, 2.75) is 6.92 Å². The van der Waals surface area contributed by atoms with E-state index in [9.17, 15) is 0 Å². The van der Waals surface area contributed by atoms with Crippen LogP contribution in [0.15, 0.2) is 36.8 Å². The lowest BCUT2D eigenvalue weighted by Gasteiger charge is -1.98. The molecule has 0 N–H and O–H groups in total. The monoisotopic (exact) mass is 171 g/mol. The molecule has 13 heavy (non-hydrogen) atoms. The summed E-state index contributed by atoms with van der Waals surface area (Å²) in [5.74, 6) is 0.777. The Bertz CT molecular complexity index is 381. The molecule has 0 unspecified atom stereocenters. The smallest absolute Gasteiger partial charge is 0.125 e. The van der Waals surface area contributed by atoms with Crippen molar-refractivity contribution >= 4 is 0 Å². The molecule has 0 atom stereocenters. The fraction of sp³-hybridized carbons (Fsp3) is 0.100. The summed E-state index contributed by atoms with van der Waals surface area (Å²) in [6.45, 7) is 1.86. The molecule has 0 spiro atoms. The second-order valence-electron chi connectivity index (χ2n) is 2.73. The Balaban J connectivity index is 2.42. The Kier molecular flexibility index (Phi) is 2.00. The number of aryl methyl sites for hydroxylation is 1. The maximum Gasteiger partial charge on any atom is 0.125 e. The maximum atomic E-state index is 4.20. The van der Waals surface area contributed by atoms with Crippen LogP contribution in [-0.2, 0) is 0 Å². The molecule has 0 amide bonds. The van der Waals surface area contributed by atoms with Crippen LogP contribution >= 0.6 is 0 Å². The van der Waals surface area contributed by atoms with Crippen molar-refractivity contribution in [1.82, 2.24) is 15.0 Å². The van der Waals surface area contributed by atoms with Crippen molar-refractivity contribution in [2.24, 2.45) is 0 Å². The minimum absolute atomic E-state index is 0.777. The van der Waals surface area contributed by atoms with Crippen LogP contribution in [0.4, 0.5) is 0 Å². The normalized spacial score (nSPS) is 9.92. The third-order valence-electron chi connectivity index (χ3n) is 1.74. The van der Waals surface area contributed by atoms with Crippen LogP contribution in [-0.4, -0.2) is 15.0 Å². The van der Waals surface area contributed by atoms with E-state index < -0.39 is 0 Å². The van der Waals surface area contributed by atoms with Gasteiger partial charge < -0.3 is 0 Å². The summed E-state index contributed by atoms with van der Waals surface area (Å²) >= 11 is 0. The lowest BCUT2D eigenvalue weighted by atomic mass is 10.2. The minimum atomic E-state index is 0.777. The van der Waals surface area contributed by atoms with Crippen LogP contribution in [0.25, 0.3) is 11.3 Å². The summed E-state index contributed by atoms with van der Waals surface area (Å²) < 4.78 is 0. The second kappa shape index (κ2) is 3.31. The van der Waals surface area contributed by atoms with E-state index in [1.807, 2.05) is 25.1 Å². The molecule has 0 saturated heterocycles. The first-order chi connectivity index (χ1) is 6.36. The highest BCUT2D eigenvalue weighted by Crippen LogP contribution is 2.12. The average Bonchev–Trinajstić information content (AvgIpc) is 2.20. The molecule has 0 aromatic carbocycles. The maximum absolute atomic E-state index is 4.20. The molecule has 0 bridgehead atoms. The number of nitrogens with zero attached hydrogens (tertiary/aromatic N) is 3. The van der Waals surface area contributed by atoms with Gasteiger partial charge in [-0.05, 0) is 19.1 Å². The molecule has 0 radical (unpaired) electrons. The van der Waals surface area contributed by atoms with E-state index in [1.54, 1.807) is 18.6 Å². The summed E-state index contributed by atoms with van der Waals surface area (Å²) in [6, 6.07) is 5.77. The van der Waals surface area contributed by atoms with Crippen LogP contribution < -0.4 is 0 Å². The highest BCUT2D eigenvalue weighted by atomic mass is 14.9. The molecular weight excluding hydrogens is 162 g/mol. The summed E-state index contributed by atoms with van der Waals surface area (Å²) in [5.41, 5.74) is 1.86. The van der Waals surface area contributed by atoms with E-state index in [4.69, 9.17) is 0 Å². The molecule has 2 aromatic heterocycles. The van der Waals surface area contributed by atoms with Crippen molar-refractivity contribution in [3.63, 3.8) is 0 Å². The average molecular weight is 171 g/mol. The standard InChI is InChI=1S/C10H9N3/c1-8-12-6-9(7-13-8)10-4-2-3-5-11-10/h2-7H,1H3. The zero-order chi connectivity index (χ0) is 9.10. The Labute approximate surface area is 76.5 Å². The van der Waals surface area contributed by atoms with Crippen molar-refractivity contribution in [3.8, 4) is 11.3 Å². The van der Waals surface area contributed by atoms with Gasteiger partial charge in [0.1, 0.15) is 5.82 Å². The number of aromatic nitrogens is 3. The molecule has 0 aliphatic carbocycles. The molecule has 0 fully saturated rings. The van der Waals surface area contributed by atoms with Crippen molar-refractivity contribution in [3.05, 3.63) is 42.6 Å². The number of hydrogen-bond donors (Lipinski definition) is 0. The molecule has 2 rings (SSSR count). The second-order valence-corrected chi connectivity index (χ2v) is 2.73. The van der Waals surface area contributed by atoms with Crippen LogP contribution in [0.5, 0.6) is 0 Å². The topological polar surface area (TPSA) is 38.7 Å². The zero-order valence-electron chi connectivity index (χ0n) is 7.31. The van der Waals surface area contributed by atoms with Gasteiger partial charge in [0.05, 0.1) is 5.69 Å². The van der Waals surface area contributed by atoms with Gasteiger partial charge >= 0.3 is 0 Å². The highest BCUT2D eigenvalue weighted by molar-refractivity contribution is 5.55. The molecule has 0 saturated carbocycles. The molecule has 0 aliphatic heterocycles. The van der Waals surface area contributed by atoms with E-state index >= 15 is 0 Å². The highest BCUT2D eigenvalue weighted by Gasteiger charge is 1.97. The summed E-state index contributed by atoms with van der Waals surface area (Å²) in [5, 5.41) is 0. The van der Waals surface area contributed by atoms with Gasteiger partial charge in [-0.1, -0.05) is 6.07 Å². The molecule has 3 nitrogen and oxygen atoms in total. The van der Waals surface area contributed by atoms with Crippen LogP contribution in [0.3, 0.4) is 0 Å². The van der Waals surface area contributed by atoms with E-state index in [0.717, 1.165) is 17.1 Å². The van der Waals surface area contributed by atoms with E-state index in [-0.39, 0.29) is 0 Å². The Morgan fingerprint density at radius 2 is 1.77 bits per heavy atom. The van der Waals surface area contributed by atoms with Gasteiger partial charge in [0.25, 0.3) is 0 Å². The van der Waals surface area contributed by atoms with Crippen molar-refractivity contribution in [1.29, 1.82) is 0 Å². The zero-order valence-corrected chi connectivity index (χ0v) is 7.31. The van der Waals surface area contributed by atoms with Crippen LogP contribution in [0, 0.1) is 6.92 Å². The van der Waals surface area contributed by atoms with Gasteiger partial charge in [-0.3, -0.25) is 4.98 Å². The van der Waals surface area contributed by atoms with Gasteiger partial charge in [0, 0.05) is 24.2 Å². The number of rotatable bonds is 1. The van der Waals surface area contributed by atoms with E-state index in [0.29, 0.717) is 0 Å². The number of pyridine rings is 1. The first kappa shape index (κ1) is 7.86.